The van der Waals surface area contributed by atoms with E-state index >= 15 is 0 Å². The first-order valence-corrected chi connectivity index (χ1v) is 46.1. The lowest BCUT2D eigenvalue weighted by Crippen LogP contribution is -2.30. The Morgan fingerprint density at radius 2 is 0.858 bits per heavy atom. The predicted molar refractivity (Wildman–Crippen MR) is 519 cm³/mol. The number of ether oxygens (including phenoxy) is 16. The summed E-state index contributed by atoms with van der Waals surface area (Å²) in [5.74, 6) is -5.33. The van der Waals surface area contributed by atoms with Crippen molar-refractivity contribution in [1.29, 1.82) is 0 Å². The highest BCUT2D eigenvalue weighted by Gasteiger charge is 2.45. The number of anilines is 1. The maximum atomic E-state index is 13.6. The molecule has 0 aliphatic heterocycles. The van der Waals surface area contributed by atoms with Crippen LogP contribution in [0.15, 0.2) is 298 Å². The van der Waals surface area contributed by atoms with E-state index in [4.69, 9.17) is 80.9 Å². The molecule has 8 aromatic rings. The third-order valence-electron chi connectivity index (χ3n) is 22.6. The Labute approximate surface area is 816 Å². The zero-order valence-electron chi connectivity index (χ0n) is 76.8. The normalized spacial score (nSPS) is 17.7. The summed E-state index contributed by atoms with van der Waals surface area (Å²) in [5, 5.41) is 14.2. The van der Waals surface area contributed by atoms with E-state index in [1.807, 2.05) is 36.4 Å². The quantitative estimate of drug-likeness (QED) is 0.00541. The van der Waals surface area contributed by atoms with Crippen molar-refractivity contribution in [3.8, 4) is 51.7 Å². The molecule has 13 rings (SSSR count). The number of hydrogen-bond acceptors (Lipinski definition) is 34. The second-order valence-corrected chi connectivity index (χ2v) is 33.2. The van der Waals surface area contributed by atoms with Crippen molar-refractivity contribution in [3.05, 3.63) is 310 Å². The fourth-order valence-corrected chi connectivity index (χ4v) is 16.1. The second kappa shape index (κ2) is 53.4. The van der Waals surface area contributed by atoms with Gasteiger partial charge in [-0.05, 0) is 221 Å². The monoisotopic (exact) mass is 1940 g/mol. The van der Waals surface area contributed by atoms with Gasteiger partial charge in [0.15, 0.2) is 12.2 Å². The van der Waals surface area contributed by atoms with Crippen molar-refractivity contribution in [2.45, 2.75) is 82.8 Å². The number of esters is 12. The molecule has 33 nitrogen and oxygen atoms in total. The smallest absolute Gasteiger partial charge is 0.343 e. The number of allylic oxidation sites excluding steroid dienone is 8. The molecule has 5 aliphatic rings. The highest BCUT2D eigenvalue weighted by Crippen LogP contribution is 2.46. The lowest BCUT2D eigenvalue weighted by molar-refractivity contribution is -0.154. The number of nitrogens with zero attached hydrogens (tertiary/aromatic N) is 4. The summed E-state index contributed by atoms with van der Waals surface area (Å²) < 4.78 is 88.4. The molecule has 3 fully saturated rings. The van der Waals surface area contributed by atoms with Gasteiger partial charge >= 0.3 is 71.6 Å². The Balaban J connectivity index is 0.000000253. The van der Waals surface area contributed by atoms with E-state index < -0.39 is 108 Å². The number of thiazole rings is 1. The first-order chi connectivity index (χ1) is 68.5. The summed E-state index contributed by atoms with van der Waals surface area (Å²) in [6, 6.07) is 42.2. The molecule has 730 valence electrons. The van der Waals surface area contributed by atoms with Crippen molar-refractivity contribution in [1.82, 2.24) is 4.98 Å². The van der Waals surface area contributed by atoms with Crippen molar-refractivity contribution in [2.24, 2.45) is 62.6 Å². The number of hydrogen-bond donors (Lipinski definition) is 1. The van der Waals surface area contributed by atoms with Gasteiger partial charge in [0.2, 0.25) is 11.9 Å². The third-order valence-corrected chi connectivity index (χ3v) is 23.5. The van der Waals surface area contributed by atoms with Crippen LogP contribution < -0.4 is 48.1 Å². The molecule has 0 radical (unpaired) electrons. The second-order valence-electron chi connectivity index (χ2n) is 32.2. The van der Waals surface area contributed by atoms with E-state index in [9.17, 15) is 57.5 Å². The molecular formula is C107H103N5O28S. The number of rotatable bonds is 46. The summed E-state index contributed by atoms with van der Waals surface area (Å²) in [4.78, 5) is 153. The van der Waals surface area contributed by atoms with Gasteiger partial charge in [0.25, 0.3) is 0 Å². The number of benzene rings is 7. The van der Waals surface area contributed by atoms with E-state index in [1.165, 1.54) is 66.1 Å². The minimum Gasteiger partial charge on any atom is -0.490 e. The lowest BCUT2D eigenvalue weighted by Gasteiger charge is -2.26. The SMILES string of the molecule is C=CC(=O)OCC(COc1ccc(OC(=O)C2CCC(C(=O)Oc3ccc(OC(=O)C4CCC(C(=O)Oc5ccc(OC(=O)C=C)cc5)CC4)c(/C=N/Nc4nc5ccccc5s4)c3)CC2)cc1)OC(=O)C=C.C=CC(=O)OCCCCOCC(COc1ccc(C(=O)Oc2ccc(CCOC(=O)c3ccc(OCOC(=O)C=C)cc3)cc2/C=N/N=C2C3C=CC=CC3C3C=CC=CC23)cc1)OC(=O)C=C. The first kappa shape index (κ1) is 104. The van der Waals surface area contributed by atoms with Crippen LogP contribution in [0.2, 0.25) is 0 Å². The van der Waals surface area contributed by atoms with Gasteiger partial charge in [-0.2, -0.15) is 15.3 Å². The highest BCUT2D eigenvalue weighted by atomic mass is 32.1. The molecule has 141 heavy (non-hydrogen) atoms. The van der Waals surface area contributed by atoms with Crippen LogP contribution in [0.25, 0.3) is 10.2 Å². The fourth-order valence-electron chi connectivity index (χ4n) is 15.3. The molecule has 5 aliphatic carbocycles. The number of carbonyl (C=O) groups excluding carboxylic acids is 12. The highest BCUT2D eigenvalue weighted by molar-refractivity contribution is 7.22. The molecule has 0 spiro atoms. The van der Waals surface area contributed by atoms with Crippen LogP contribution in [-0.2, 0) is 87.5 Å². The standard InChI is InChI=1S/C54H51N3O15S.C53H52N2O13/c1-4-47(58)66-32-43(68-49(60)6-3)31-65-38-19-21-40(22-20-38)69-50(61)33-11-13-35(14-12-33)52(63)71-42-27-28-45(37(29-42)30-55-57-54-56-44-9-7-8-10-46(44)73-54)72-53(64)36-17-15-34(16-18-36)51(62)70-41-25-23-39(24-26-41)67-48(59)5-2;1-4-48(56)62-29-12-11-28-61-33-42(67-50(58)6-3)34-64-40-22-20-38(21-23-40)53(60)68-47-26-17-36(27-30-63-52(59)37-18-24-41(25-19-37)65-35-66-49(57)5-2)31-39(47)32-54-55-51-45-15-9-7-13-43(45)44-14-8-10-16-46(44)51/h4-10,19-30,33-36,43H,1-3,11-18,31-32H2,(H,56,57);4-10,13-26,31-32,42-46H,1-3,11-12,27-30,33-35H2/b55-30+;54-32+,55-51?. The van der Waals surface area contributed by atoms with E-state index in [1.54, 1.807) is 91.1 Å². The van der Waals surface area contributed by atoms with Crippen LogP contribution in [0.5, 0.6) is 51.7 Å². The van der Waals surface area contributed by atoms with Crippen LogP contribution in [-0.4, -0.2) is 160 Å². The zero-order chi connectivity index (χ0) is 99.8. The van der Waals surface area contributed by atoms with Gasteiger partial charge in [-0.1, -0.05) is 118 Å². The molecule has 0 bridgehead atoms. The Bertz CT molecular complexity index is 6010. The van der Waals surface area contributed by atoms with Gasteiger partial charge in [0, 0.05) is 72.4 Å². The van der Waals surface area contributed by atoms with Gasteiger partial charge in [0.05, 0.1) is 83.0 Å². The molecule has 7 aromatic carbocycles. The van der Waals surface area contributed by atoms with E-state index in [2.05, 4.69) is 96.5 Å². The van der Waals surface area contributed by atoms with Crippen molar-refractivity contribution in [2.75, 3.05) is 58.5 Å². The number of aromatic nitrogens is 1. The Morgan fingerprint density at radius 1 is 0.404 bits per heavy atom. The molecule has 1 aromatic heterocycles. The van der Waals surface area contributed by atoms with E-state index in [0.717, 1.165) is 57.9 Å². The summed E-state index contributed by atoms with van der Waals surface area (Å²) >= 11 is 1.41. The number of fused-ring (bicyclic) bond motifs is 4. The molecule has 1 heterocycles. The topological polar surface area (TPSA) is 415 Å². The van der Waals surface area contributed by atoms with Gasteiger partial charge in [-0.25, -0.2) is 43.3 Å². The van der Waals surface area contributed by atoms with Crippen LogP contribution in [0.4, 0.5) is 5.13 Å². The van der Waals surface area contributed by atoms with Gasteiger partial charge in [0.1, 0.15) is 71.6 Å². The van der Waals surface area contributed by atoms with E-state index in [-0.39, 0.29) is 104 Å². The average molecular weight is 1940 g/mol. The number of carbonyl (C=O) groups is 12. The summed E-state index contributed by atoms with van der Waals surface area (Å²) in [7, 11) is 0. The molecule has 3 saturated carbocycles. The maximum Gasteiger partial charge on any atom is 0.343 e. The molecular weight excluding hydrogens is 1840 g/mol. The summed E-state index contributed by atoms with van der Waals surface area (Å²) in [6.07, 6.45) is 29.1. The average Bonchev–Trinajstić information content (AvgIpc) is 1.61. The molecule has 0 amide bonds. The van der Waals surface area contributed by atoms with Crippen LogP contribution in [0.1, 0.15) is 102 Å². The number of nitrogens with one attached hydrogen (secondary N) is 1. The third kappa shape index (κ3) is 31.9. The van der Waals surface area contributed by atoms with Crippen molar-refractivity contribution < 1.29 is 133 Å². The zero-order valence-corrected chi connectivity index (χ0v) is 77.6. The molecule has 34 heteroatoms. The van der Waals surface area contributed by atoms with Crippen LogP contribution in [0, 0.1) is 47.3 Å². The molecule has 6 unspecified atom stereocenters. The van der Waals surface area contributed by atoms with Crippen LogP contribution in [0.3, 0.4) is 0 Å². The van der Waals surface area contributed by atoms with Gasteiger partial charge < -0.3 is 75.8 Å². The fraction of sp³-hybridized carbons (Fsp3) is 0.271. The molecule has 6 atom stereocenters. The number of unbranched alkanes of at least 4 members (excludes halogenated alkanes) is 1. The van der Waals surface area contributed by atoms with Crippen LogP contribution >= 0.6 is 11.3 Å². The minimum atomic E-state index is -0.919. The largest absolute Gasteiger partial charge is 0.490 e. The first-order valence-electron chi connectivity index (χ1n) is 45.2. The number of hydrazone groups is 1. The van der Waals surface area contributed by atoms with Gasteiger partial charge in [-0.3, -0.25) is 24.6 Å². The molecule has 0 saturated heterocycles. The summed E-state index contributed by atoms with van der Waals surface area (Å²) in [6.45, 7) is 20.1. The Kier molecular flexibility index (Phi) is 39.2. The summed E-state index contributed by atoms with van der Waals surface area (Å²) in [5.41, 5.74) is 6.80. The van der Waals surface area contributed by atoms with Gasteiger partial charge in [-0.15, -0.1) is 0 Å². The lowest BCUT2D eigenvalue weighted by atomic mass is 9.82. The number of para-hydroxylation sites is 1. The maximum absolute atomic E-state index is 13.6. The Morgan fingerprint density at radius 3 is 1.42 bits per heavy atom. The molecule has 1 N–H and O–H groups in total. The predicted octanol–water partition coefficient (Wildman–Crippen LogP) is 16.6. The van der Waals surface area contributed by atoms with E-state index in [0.29, 0.717) is 122 Å². The minimum absolute atomic E-state index is 0.0396. The Hall–Kier alpha value is -16.4. The van der Waals surface area contributed by atoms with Crippen molar-refractivity contribution >= 4 is 116 Å². The van der Waals surface area contributed by atoms with Crippen molar-refractivity contribution in [3.63, 3.8) is 0 Å².